The fourth-order valence-corrected chi connectivity index (χ4v) is 2.06. The fraction of sp³-hybridized carbons (Fsp3) is 0.143. The number of nitro benzene ring substituents is 1. The number of nitrogens with one attached hydrogen (secondary N) is 1. The second kappa shape index (κ2) is 6.53. The molecule has 0 atom stereocenters. The molecule has 0 radical (unpaired) electrons. The maximum absolute atomic E-state index is 13.2. The molecule has 0 aliphatic carbocycles. The van der Waals surface area contributed by atoms with Crippen molar-refractivity contribution < 1.29 is 14.1 Å². The normalized spacial score (nSPS) is 10.2. The molecule has 0 saturated heterocycles. The predicted octanol–water partition coefficient (Wildman–Crippen LogP) is 4.72. The minimum atomic E-state index is -0.506. The Balaban J connectivity index is 2.38. The molecule has 7 heteroatoms. The van der Waals surface area contributed by atoms with E-state index in [-0.39, 0.29) is 17.2 Å². The van der Waals surface area contributed by atoms with E-state index in [4.69, 9.17) is 4.74 Å². The largest absolute Gasteiger partial charge is 0.456 e. The molecule has 0 heterocycles. The molecule has 0 aromatic heterocycles. The van der Waals surface area contributed by atoms with Crippen molar-refractivity contribution in [2.24, 2.45) is 0 Å². The molecular formula is C14H12BrFN2O3. The summed E-state index contributed by atoms with van der Waals surface area (Å²) in [7, 11) is 0. The van der Waals surface area contributed by atoms with E-state index in [1.54, 1.807) is 6.07 Å². The van der Waals surface area contributed by atoms with Crippen LogP contribution in [0.2, 0.25) is 0 Å². The summed E-state index contributed by atoms with van der Waals surface area (Å²) in [6.07, 6.45) is 0. The van der Waals surface area contributed by atoms with Crippen molar-refractivity contribution in [3.63, 3.8) is 0 Å². The number of rotatable bonds is 5. The third-order valence-electron chi connectivity index (χ3n) is 2.60. The number of nitrogens with zero attached hydrogens (tertiary/aromatic N) is 1. The van der Waals surface area contributed by atoms with Crippen LogP contribution >= 0.6 is 15.9 Å². The SMILES string of the molecule is CCNc1cc(Oc2cc(F)ccc2Br)cc([N+](=O)[O-])c1. The summed E-state index contributed by atoms with van der Waals surface area (Å²) in [5, 5.41) is 13.9. The number of ether oxygens (including phenoxy) is 1. The summed E-state index contributed by atoms with van der Waals surface area (Å²) in [5.41, 5.74) is 0.463. The van der Waals surface area contributed by atoms with Crippen molar-refractivity contribution in [2.45, 2.75) is 6.92 Å². The van der Waals surface area contributed by atoms with Gasteiger partial charge in [-0.05, 0) is 35.0 Å². The van der Waals surface area contributed by atoms with Crippen LogP contribution < -0.4 is 10.1 Å². The molecule has 5 nitrogen and oxygen atoms in total. The van der Waals surface area contributed by atoms with Gasteiger partial charge >= 0.3 is 0 Å². The van der Waals surface area contributed by atoms with Gasteiger partial charge in [0.2, 0.25) is 0 Å². The van der Waals surface area contributed by atoms with Crippen molar-refractivity contribution in [3.05, 3.63) is 56.8 Å². The molecule has 2 rings (SSSR count). The van der Waals surface area contributed by atoms with E-state index in [9.17, 15) is 14.5 Å². The molecule has 0 bridgehead atoms. The second-order valence-electron chi connectivity index (χ2n) is 4.18. The molecular weight excluding hydrogens is 343 g/mol. The lowest BCUT2D eigenvalue weighted by atomic mass is 10.2. The summed E-state index contributed by atoms with van der Waals surface area (Å²) in [4.78, 5) is 10.4. The minimum Gasteiger partial charge on any atom is -0.456 e. The van der Waals surface area contributed by atoms with Crippen LogP contribution in [-0.4, -0.2) is 11.5 Å². The number of hydrogen-bond donors (Lipinski definition) is 1. The Morgan fingerprint density at radius 2 is 2.10 bits per heavy atom. The highest BCUT2D eigenvalue weighted by Crippen LogP contribution is 2.33. The van der Waals surface area contributed by atoms with Crippen molar-refractivity contribution in [1.82, 2.24) is 0 Å². The summed E-state index contributed by atoms with van der Waals surface area (Å²) in [6, 6.07) is 8.32. The molecule has 0 amide bonds. The summed E-state index contributed by atoms with van der Waals surface area (Å²) in [5.74, 6) is 0.0509. The molecule has 1 N–H and O–H groups in total. The van der Waals surface area contributed by atoms with E-state index in [1.807, 2.05) is 6.92 Å². The zero-order valence-corrected chi connectivity index (χ0v) is 12.7. The number of halogens is 2. The van der Waals surface area contributed by atoms with Gasteiger partial charge in [-0.15, -0.1) is 0 Å². The molecule has 0 spiro atoms. The number of benzene rings is 2. The van der Waals surface area contributed by atoms with Crippen LogP contribution in [0.1, 0.15) is 6.92 Å². The van der Waals surface area contributed by atoms with Gasteiger partial charge < -0.3 is 10.1 Å². The van der Waals surface area contributed by atoms with Gasteiger partial charge in [-0.1, -0.05) is 0 Å². The minimum absolute atomic E-state index is 0.101. The molecule has 0 fully saturated rings. The Morgan fingerprint density at radius 3 is 2.76 bits per heavy atom. The first-order valence-electron chi connectivity index (χ1n) is 6.16. The molecule has 0 saturated carbocycles. The highest BCUT2D eigenvalue weighted by atomic mass is 79.9. The first kappa shape index (κ1) is 15.2. The Morgan fingerprint density at radius 1 is 1.33 bits per heavy atom. The lowest BCUT2D eigenvalue weighted by Crippen LogP contribution is -1.99. The van der Waals surface area contributed by atoms with Crippen LogP contribution in [0.3, 0.4) is 0 Å². The Bertz CT molecular complexity index is 679. The first-order chi connectivity index (χ1) is 9.99. The molecule has 0 unspecified atom stereocenters. The van der Waals surface area contributed by atoms with Crippen molar-refractivity contribution in [3.8, 4) is 11.5 Å². The standard InChI is InChI=1S/C14H12BrFN2O3/c1-2-17-10-6-11(18(19)20)8-12(7-10)21-14-5-9(16)3-4-13(14)15/h3-8,17H,2H2,1H3. The van der Waals surface area contributed by atoms with Gasteiger partial charge in [0, 0.05) is 30.4 Å². The van der Waals surface area contributed by atoms with Crippen molar-refractivity contribution in [1.29, 1.82) is 0 Å². The number of hydrogen-bond acceptors (Lipinski definition) is 4. The maximum Gasteiger partial charge on any atom is 0.275 e. The van der Waals surface area contributed by atoms with E-state index < -0.39 is 10.7 Å². The molecule has 2 aromatic rings. The summed E-state index contributed by atoms with van der Waals surface area (Å²) in [6.45, 7) is 2.49. The smallest absolute Gasteiger partial charge is 0.275 e. The van der Waals surface area contributed by atoms with Gasteiger partial charge in [-0.25, -0.2) is 4.39 Å². The maximum atomic E-state index is 13.2. The zero-order chi connectivity index (χ0) is 15.4. The topological polar surface area (TPSA) is 64.4 Å². The van der Waals surface area contributed by atoms with E-state index in [1.165, 1.54) is 30.3 Å². The van der Waals surface area contributed by atoms with Gasteiger partial charge in [0.25, 0.3) is 5.69 Å². The van der Waals surface area contributed by atoms with E-state index >= 15 is 0 Å². The van der Waals surface area contributed by atoms with Crippen LogP contribution in [0.25, 0.3) is 0 Å². The lowest BCUT2D eigenvalue weighted by Gasteiger charge is -2.10. The molecule has 0 aliphatic heterocycles. The van der Waals surface area contributed by atoms with E-state index in [2.05, 4.69) is 21.2 Å². The Kier molecular flexibility index (Phi) is 4.74. The highest BCUT2D eigenvalue weighted by molar-refractivity contribution is 9.10. The quantitative estimate of drug-likeness (QED) is 0.623. The van der Waals surface area contributed by atoms with Gasteiger partial charge in [0.1, 0.15) is 17.3 Å². The van der Waals surface area contributed by atoms with Crippen LogP contribution in [0.15, 0.2) is 40.9 Å². The molecule has 110 valence electrons. The summed E-state index contributed by atoms with van der Waals surface area (Å²) >= 11 is 3.24. The Labute approximate surface area is 129 Å². The average Bonchev–Trinajstić information content (AvgIpc) is 2.43. The van der Waals surface area contributed by atoms with Gasteiger partial charge in [0.15, 0.2) is 0 Å². The van der Waals surface area contributed by atoms with Crippen molar-refractivity contribution >= 4 is 27.3 Å². The van der Waals surface area contributed by atoms with Gasteiger partial charge in [-0.3, -0.25) is 10.1 Å². The van der Waals surface area contributed by atoms with Crippen LogP contribution in [0.5, 0.6) is 11.5 Å². The predicted molar refractivity (Wildman–Crippen MR) is 81.4 cm³/mol. The van der Waals surface area contributed by atoms with Crippen LogP contribution in [0.4, 0.5) is 15.8 Å². The highest BCUT2D eigenvalue weighted by Gasteiger charge is 2.12. The molecule has 2 aromatic carbocycles. The van der Waals surface area contributed by atoms with Gasteiger partial charge in [-0.2, -0.15) is 0 Å². The summed E-state index contributed by atoms with van der Waals surface area (Å²) < 4.78 is 19.3. The van der Waals surface area contributed by atoms with Gasteiger partial charge in [0.05, 0.1) is 15.5 Å². The van der Waals surface area contributed by atoms with Crippen LogP contribution in [-0.2, 0) is 0 Å². The van der Waals surface area contributed by atoms with Crippen LogP contribution in [0, 0.1) is 15.9 Å². The number of non-ortho nitro benzene ring substituents is 1. The lowest BCUT2D eigenvalue weighted by molar-refractivity contribution is -0.384. The van der Waals surface area contributed by atoms with E-state index in [0.717, 1.165) is 0 Å². The molecule has 21 heavy (non-hydrogen) atoms. The fourth-order valence-electron chi connectivity index (χ4n) is 1.74. The number of anilines is 1. The zero-order valence-electron chi connectivity index (χ0n) is 11.1. The third kappa shape index (κ3) is 3.91. The average molecular weight is 355 g/mol. The second-order valence-corrected chi connectivity index (χ2v) is 5.03. The van der Waals surface area contributed by atoms with Crippen molar-refractivity contribution in [2.75, 3.05) is 11.9 Å². The first-order valence-corrected chi connectivity index (χ1v) is 6.95. The number of nitro groups is 1. The third-order valence-corrected chi connectivity index (χ3v) is 3.26. The van der Waals surface area contributed by atoms with E-state index in [0.29, 0.717) is 16.7 Å². The Hall–Kier alpha value is -2.15. The monoisotopic (exact) mass is 354 g/mol. The molecule has 0 aliphatic rings.